The SMILES string of the molecule is CC(C)(C)Oc1nc2ccccc2nc1NCc1ccccc1. The normalized spacial score (nSPS) is 11.4. The van der Waals surface area contributed by atoms with Crippen LogP contribution in [0.2, 0.25) is 0 Å². The largest absolute Gasteiger partial charge is 0.469 e. The summed E-state index contributed by atoms with van der Waals surface area (Å²) in [7, 11) is 0. The summed E-state index contributed by atoms with van der Waals surface area (Å²) >= 11 is 0. The van der Waals surface area contributed by atoms with E-state index in [1.54, 1.807) is 0 Å². The Bertz CT molecular complexity index is 795. The van der Waals surface area contributed by atoms with Crippen LogP contribution in [0.5, 0.6) is 5.88 Å². The summed E-state index contributed by atoms with van der Waals surface area (Å²) in [6, 6.07) is 18.0. The lowest BCUT2D eigenvalue weighted by Crippen LogP contribution is -2.24. The second-order valence-corrected chi connectivity index (χ2v) is 6.42. The van der Waals surface area contributed by atoms with Crippen LogP contribution in [0.1, 0.15) is 26.3 Å². The van der Waals surface area contributed by atoms with Crippen molar-refractivity contribution in [1.29, 1.82) is 0 Å². The molecule has 4 heteroatoms. The number of ether oxygens (including phenoxy) is 1. The van der Waals surface area contributed by atoms with Crippen molar-refractivity contribution in [2.75, 3.05) is 5.32 Å². The maximum atomic E-state index is 5.99. The molecule has 118 valence electrons. The Labute approximate surface area is 136 Å². The van der Waals surface area contributed by atoms with Gasteiger partial charge in [0, 0.05) is 6.54 Å². The molecule has 0 aliphatic carbocycles. The number of aromatic nitrogens is 2. The van der Waals surface area contributed by atoms with Gasteiger partial charge >= 0.3 is 0 Å². The molecule has 0 aliphatic heterocycles. The van der Waals surface area contributed by atoms with Crippen LogP contribution in [0.3, 0.4) is 0 Å². The maximum Gasteiger partial charge on any atom is 0.258 e. The molecule has 3 rings (SSSR count). The van der Waals surface area contributed by atoms with E-state index in [4.69, 9.17) is 4.74 Å². The molecule has 23 heavy (non-hydrogen) atoms. The summed E-state index contributed by atoms with van der Waals surface area (Å²) in [6.07, 6.45) is 0. The third-order valence-electron chi connectivity index (χ3n) is 3.24. The average molecular weight is 307 g/mol. The van der Waals surface area contributed by atoms with Crippen LogP contribution in [0.25, 0.3) is 11.0 Å². The van der Waals surface area contributed by atoms with Crippen molar-refractivity contribution in [2.45, 2.75) is 32.9 Å². The third kappa shape index (κ3) is 3.97. The Kier molecular flexibility index (Phi) is 4.15. The van der Waals surface area contributed by atoms with E-state index in [0.717, 1.165) is 11.0 Å². The van der Waals surface area contributed by atoms with E-state index in [-0.39, 0.29) is 5.60 Å². The fraction of sp³-hybridized carbons (Fsp3) is 0.263. The van der Waals surface area contributed by atoms with Crippen LogP contribution < -0.4 is 10.1 Å². The van der Waals surface area contributed by atoms with Crippen LogP contribution in [-0.2, 0) is 6.54 Å². The molecule has 0 spiro atoms. The number of anilines is 1. The molecule has 1 N–H and O–H groups in total. The van der Waals surface area contributed by atoms with Crippen molar-refractivity contribution in [2.24, 2.45) is 0 Å². The second-order valence-electron chi connectivity index (χ2n) is 6.42. The van der Waals surface area contributed by atoms with Crippen LogP contribution >= 0.6 is 0 Å². The van der Waals surface area contributed by atoms with E-state index in [1.165, 1.54) is 5.56 Å². The van der Waals surface area contributed by atoms with Gasteiger partial charge in [0.25, 0.3) is 5.88 Å². The molecule has 3 aromatic rings. The van der Waals surface area contributed by atoms with Gasteiger partial charge in [-0.05, 0) is 38.5 Å². The molecule has 0 fully saturated rings. The minimum atomic E-state index is -0.333. The van der Waals surface area contributed by atoms with Crippen LogP contribution in [0.15, 0.2) is 54.6 Å². The Morgan fingerprint density at radius 2 is 1.48 bits per heavy atom. The minimum absolute atomic E-state index is 0.333. The monoisotopic (exact) mass is 307 g/mol. The number of para-hydroxylation sites is 2. The van der Waals surface area contributed by atoms with E-state index in [2.05, 4.69) is 27.4 Å². The zero-order valence-corrected chi connectivity index (χ0v) is 13.7. The minimum Gasteiger partial charge on any atom is -0.469 e. The topological polar surface area (TPSA) is 47.0 Å². The first-order valence-electron chi connectivity index (χ1n) is 7.75. The highest BCUT2D eigenvalue weighted by molar-refractivity contribution is 5.77. The molecule has 0 bridgehead atoms. The molecular weight excluding hydrogens is 286 g/mol. The maximum absolute atomic E-state index is 5.99. The Hall–Kier alpha value is -2.62. The van der Waals surface area contributed by atoms with Crippen LogP contribution in [0.4, 0.5) is 5.82 Å². The van der Waals surface area contributed by atoms with E-state index in [9.17, 15) is 0 Å². The highest BCUT2D eigenvalue weighted by atomic mass is 16.5. The van der Waals surface area contributed by atoms with Gasteiger partial charge in [0.15, 0.2) is 5.82 Å². The lowest BCUT2D eigenvalue weighted by molar-refractivity contribution is 0.125. The van der Waals surface area contributed by atoms with Crippen molar-refractivity contribution in [3.05, 3.63) is 60.2 Å². The lowest BCUT2D eigenvalue weighted by Gasteiger charge is -2.22. The van der Waals surface area contributed by atoms with Gasteiger partial charge in [0.1, 0.15) is 5.60 Å². The van der Waals surface area contributed by atoms with Gasteiger partial charge in [0.05, 0.1) is 11.0 Å². The summed E-state index contributed by atoms with van der Waals surface area (Å²) in [5, 5.41) is 3.35. The molecule has 0 saturated carbocycles. The van der Waals surface area contributed by atoms with Crippen molar-refractivity contribution in [1.82, 2.24) is 9.97 Å². The molecule has 0 saturated heterocycles. The lowest BCUT2D eigenvalue weighted by atomic mass is 10.2. The van der Waals surface area contributed by atoms with Crippen molar-refractivity contribution in [3.63, 3.8) is 0 Å². The molecule has 0 aliphatic rings. The Morgan fingerprint density at radius 1 is 0.870 bits per heavy atom. The van der Waals surface area contributed by atoms with E-state index >= 15 is 0 Å². The van der Waals surface area contributed by atoms with Crippen molar-refractivity contribution < 1.29 is 4.74 Å². The van der Waals surface area contributed by atoms with Gasteiger partial charge in [0.2, 0.25) is 0 Å². The number of nitrogens with zero attached hydrogens (tertiary/aromatic N) is 2. The fourth-order valence-corrected chi connectivity index (χ4v) is 2.24. The number of nitrogens with one attached hydrogen (secondary N) is 1. The standard InChI is InChI=1S/C19H21N3O/c1-19(2,3)23-18-17(20-13-14-9-5-4-6-10-14)21-15-11-7-8-12-16(15)22-18/h4-12H,13H2,1-3H3,(H,20,21). The molecule has 4 nitrogen and oxygen atoms in total. The number of fused-ring (bicyclic) bond motifs is 1. The first-order valence-corrected chi connectivity index (χ1v) is 7.75. The molecule has 1 heterocycles. The molecular formula is C19H21N3O. The zero-order valence-electron chi connectivity index (χ0n) is 13.7. The quantitative estimate of drug-likeness (QED) is 0.775. The first-order chi connectivity index (χ1) is 11.0. The number of rotatable bonds is 4. The Morgan fingerprint density at radius 3 is 2.13 bits per heavy atom. The summed E-state index contributed by atoms with van der Waals surface area (Å²) < 4.78 is 5.99. The van der Waals surface area contributed by atoms with Gasteiger partial charge in [-0.3, -0.25) is 0 Å². The van der Waals surface area contributed by atoms with E-state index < -0.39 is 0 Å². The van der Waals surface area contributed by atoms with Crippen molar-refractivity contribution in [3.8, 4) is 5.88 Å². The zero-order chi connectivity index (χ0) is 16.3. The molecule has 0 amide bonds. The van der Waals surface area contributed by atoms with Gasteiger partial charge in [-0.25, -0.2) is 9.97 Å². The molecule has 2 aromatic carbocycles. The van der Waals surface area contributed by atoms with E-state index in [1.807, 2.05) is 63.2 Å². The van der Waals surface area contributed by atoms with Gasteiger partial charge in [-0.15, -0.1) is 0 Å². The molecule has 0 unspecified atom stereocenters. The number of hydrogen-bond acceptors (Lipinski definition) is 4. The predicted molar refractivity (Wildman–Crippen MR) is 93.7 cm³/mol. The number of benzene rings is 2. The van der Waals surface area contributed by atoms with Gasteiger partial charge < -0.3 is 10.1 Å². The molecule has 1 aromatic heterocycles. The van der Waals surface area contributed by atoms with Gasteiger partial charge in [-0.2, -0.15) is 0 Å². The number of hydrogen-bond donors (Lipinski definition) is 1. The second kappa shape index (κ2) is 6.24. The summed E-state index contributed by atoms with van der Waals surface area (Å²) in [4.78, 5) is 9.30. The van der Waals surface area contributed by atoms with Gasteiger partial charge in [-0.1, -0.05) is 42.5 Å². The fourth-order valence-electron chi connectivity index (χ4n) is 2.24. The first kappa shape index (κ1) is 15.3. The highest BCUT2D eigenvalue weighted by Gasteiger charge is 2.18. The smallest absolute Gasteiger partial charge is 0.258 e. The summed E-state index contributed by atoms with van der Waals surface area (Å²) in [6.45, 7) is 6.69. The summed E-state index contributed by atoms with van der Waals surface area (Å²) in [5.41, 5.74) is 2.53. The third-order valence-corrected chi connectivity index (χ3v) is 3.24. The molecule has 0 radical (unpaired) electrons. The van der Waals surface area contributed by atoms with Crippen LogP contribution in [-0.4, -0.2) is 15.6 Å². The van der Waals surface area contributed by atoms with Crippen LogP contribution in [0, 0.1) is 0 Å². The average Bonchev–Trinajstić information content (AvgIpc) is 2.52. The van der Waals surface area contributed by atoms with E-state index in [0.29, 0.717) is 18.2 Å². The molecule has 0 atom stereocenters. The Balaban J connectivity index is 1.93. The highest BCUT2D eigenvalue weighted by Crippen LogP contribution is 2.27. The predicted octanol–water partition coefficient (Wildman–Crippen LogP) is 4.42. The summed E-state index contributed by atoms with van der Waals surface area (Å²) in [5.74, 6) is 1.20. The van der Waals surface area contributed by atoms with Crippen molar-refractivity contribution >= 4 is 16.9 Å².